The van der Waals surface area contributed by atoms with Crippen LogP contribution in [0.5, 0.6) is 0 Å². The molecule has 0 saturated carbocycles. The minimum atomic E-state index is -1.53. The highest BCUT2D eigenvalue weighted by Crippen LogP contribution is 2.26. The number of imide groups is 1. The third-order valence-electron chi connectivity index (χ3n) is 17.8. The summed E-state index contributed by atoms with van der Waals surface area (Å²) >= 11 is 0. The van der Waals surface area contributed by atoms with E-state index in [1.807, 2.05) is 27.7 Å². The van der Waals surface area contributed by atoms with Crippen LogP contribution in [0.4, 0.5) is 9.59 Å². The van der Waals surface area contributed by atoms with Crippen LogP contribution in [0.1, 0.15) is 159 Å². The molecular formula is C74H125N11O20. The molecule has 0 spiro atoms. The third kappa shape index (κ3) is 34.9. The second kappa shape index (κ2) is 51.3. The fraction of sp³-hybridized carbons (Fsp3) is 0.689. The number of nitrogens with two attached hydrogens (primary N) is 1. The van der Waals surface area contributed by atoms with Crippen molar-refractivity contribution in [2.24, 2.45) is 29.4 Å². The monoisotopic (exact) mass is 1490 g/mol. The van der Waals surface area contributed by atoms with Crippen LogP contribution in [0.2, 0.25) is 0 Å². The van der Waals surface area contributed by atoms with E-state index in [4.69, 9.17) is 29.4 Å². The van der Waals surface area contributed by atoms with Crippen molar-refractivity contribution in [3.63, 3.8) is 0 Å². The Morgan fingerprint density at radius 2 is 1.33 bits per heavy atom. The predicted molar refractivity (Wildman–Crippen MR) is 395 cm³/mol. The van der Waals surface area contributed by atoms with Gasteiger partial charge in [-0.15, -0.1) is 0 Å². The normalized spacial score (nSPS) is 19.1. The number of nitrogens with one attached hydrogen (secondary N) is 7. The molecule has 14 atom stereocenters. The number of carbonyl (C=O) groups excluding carboxylic acids is 11. The molecule has 31 nitrogen and oxygen atoms in total. The van der Waals surface area contributed by atoms with Crippen molar-refractivity contribution < 1.29 is 96.9 Å². The Bertz CT molecular complexity index is 2870. The number of hydrogen-bond acceptors (Lipinski definition) is 20. The third-order valence-corrected chi connectivity index (χ3v) is 17.8. The van der Waals surface area contributed by atoms with E-state index in [1.165, 1.54) is 31.2 Å². The first kappa shape index (κ1) is 95.1. The predicted octanol–water partition coefficient (Wildman–Crippen LogP) is 3.34. The number of unbranched alkanes of at least 4 members (excludes halogenated alkanes) is 4. The second-order valence-corrected chi connectivity index (χ2v) is 27.4. The van der Waals surface area contributed by atoms with Gasteiger partial charge in [0.25, 0.3) is 11.8 Å². The molecule has 0 aromatic carbocycles. The maximum atomic E-state index is 14.4. The molecular weight excluding hydrogens is 1360 g/mol. The van der Waals surface area contributed by atoms with Crippen LogP contribution in [0.3, 0.4) is 0 Å². The second-order valence-electron chi connectivity index (χ2n) is 27.4. The Morgan fingerprint density at radius 3 is 1.90 bits per heavy atom. The van der Waals surface area contributed by atoms with Gasteiger partial charge in [-0.3, -0.25) is 53.0 Å². The van der Waals surface area contributed by atoms with Crippen LogP contribution in [-0.2, 0) is 66.8 Å². The van der Waals surface area contributed by atoms with Gasteiger partial charge in [-0.05, 0) is 94.0 Å². The average Bonchev–Trinajstić information content (AvgIpc) is 1.26. The number of amides is 12. The Hall–Kier alpha value is -7.91. The van der Waals surface area contributed by atoms with Crippen molar-refractivity contribution in [1.29, 1.82) is 0 Å². The summed E-state index contributed by atoms with van der Waals surface area (Å²) in [5.41, 5.74) is 5.94. The molecule has 1 saturated heterocycles. The minimum absolute atomic E-state index is 0.0339. The van der Waals surface area contributed by atoms with Crippen LogP contribution in [0, 0.1) is 23.7 Å². The molecule has 2 heterocycles. The molecule has 1 fully saturated rings. The van der Waals surface area contributed by atoms with Crippen molar-refractivity contribution in [3.05, 3.63) is 73.5 Å². The maximum Gasteiger partial charge on any atom is 0.410 e. The van der Waals surface area contributed by atoms with E-state index >= 15 is 0 Å². The Kier molecular flexibility index (Phi) is 46.5. The molecule has 12 amide bonds. The summed E-state index contributed by atoms with van der Waals surface area (Å²) in [7, 11) is 6.25. The zero-order valence-corrected chi connectivity index (χ0v) is 64.4. The van der Waals surface area contributed by atoms with Crippen LogP contribution >= 0.6 is 0 Å². The van der Waals surface area contributed by atoms with Crippen molar-refractivity contribution in [2.75, 3.05) is 67.8 Å². The lowest BCUT2D eigenvalue weighted by atomic mass is 9.89. The number of rotatable bonds is 49. The lowest BCUT2D eigenvalue weighted by Gasteiger charge is -2.41. The molecule has 2 rings (SSSR count). The lowest BCUT2D eigenvalue weighted by Crippen LogP contribution is -2.60. The molecule has 0 aliphatic carbocycles. The number of primary amides is 1. The van der Waals surface area contributed by atoms with E-state index in [0.29, 0.717) is 50.8 Å². The number of urea groups is 1. The highest BCUT2D eigenvalue weighted by atomic mass is 16.7. The van der Waals surface area contributed by atoms with Gasteiger partial charge in [0, 0.05) is 85.2 Å². The topological polar surface area (TPSA) is 435 Å². The summed E-state index contributed by atoms with van der Waals surface area (Å²) in [4.78, 5) is 146. The van der Waals surface area contributed by atoms with Crippen LogP contribution in [0.25, 0.3) is 0 Å². The molecule has 2 aliphatic heterocycles. The SMILES string of the molecule is C=C(CCC(=C)NC(=O)C(CCCNC(N)=O)NC(=O)C(NC(=O)CCCCCN1C(=O)C=CC1=O)C(C)C)COC(=O)N(C)C(C(=O)NC(C(=O)N(C)C(C(C)CC)C(CC(=O)NCCCCCOC)OC)C(C)C)C(C)C.C=C/C=C\C=C\C(OC1OC(CO)C(O)C(O)C1O)C(C)NC(=O)CC. The van der Waals surface area contributed by atoms with Crippen molar-refractivity contribution >= 4 is 65.3 Å². The standard InChI is InChI=1S/C56H96N10O13.C18H29NO7/c1-15-39(9)50(42(78-14)33-44(68)58-29-19-17-21-32-77-13)64(11)54(74)48(36(4)5)63-53(73)49(37(6)7)65(12)56(76)79-34-38(8)25-26-40(10)60-51(71)41(23-22-30-59-55(57)75)61-52(72)47(35(2)3)62-43(67)24-18-16-20-31-66-45(69)27-28-46(66)70;1-4-6-7-8-9-12(11(3)19-14(21)5-2)25-18-17(24)16(23)15(22)13(10-20)26-18/h27-28,35-37,39,41-42,47-50H,8,10,15-26,29-34H2,1-7,9,11-14H3,(H,58,68)(H,60,71)(H,61,72)(H,62,67)(H,63,73)(H3,57,59,75);4,6-9,11-13,15-18,20,22-24H,1,5,10H2,2-3H3,(H,19,21)/b;7-6-,9-8+. The molecule has 31 heteroatoms. The minimum Gasteiger partial charge on any atom is -0.445 e. The quantitative estimate of drug-likeness (QED) is 0.0180. The molecule has 105 heavy (non-hydrogen) atoms. The first-order valence-corrected chi connectivity index (χ1v) is 36.4. The zero-order valence-electron chi connectivity index (χ0n) is 64.4. The zero-order chi connectivity index (χ0) is 79.6. The van der Waals surface area contributed by atoms with Crippen LogP contribution in [0.15, 0.2) is 73.5 Å². The van der Waals surface area contributed by atoms with Gasteiger partial charge in [0.2, 0.25) is 41.4 Å². The van der Waals surface area contributed by atoms with Gasteiger partial charge >= 0.3 is 12.1 Å². The summed E-state index contributed by atoms with van der Waals surface area (Å²) < 4.78 is 27.6. The summed E-state index contributed by atoms with van der Waals surface area (Å²) in [6.45, 7) is 30.4. The summed E-state index contributed by atoms with van der Waals surface area (Å²) in [5.74, 6) is -4.83. The van der Waals surface area contributed by atoms with E-state index < -0.39 is 122 Å². The highest BCUT2D eigenvalue weighted by Gasteiger charge is 2.46. The van der Waals surface area contributed by atoms with Gasteiger partial charge in [-0.25, -0.2) is 9.59 Å². The number of allylic oxidation sites excluding steroid dienone is 5. The van der Waals surface area contributed by atoms with E-state index in [0.717, 1.165) is 24.2 Å². The Morgan fingerprint density at radius 1 is 0.695 bits per heavy atom. The van der Waals surface area contributed by atoms with Crippen LogP contribution in [-0.4, -0.2) is 247 Å². The molecule has 13 N–H and O–H groups in total. The molecule has 14 unspecified atom stereocenters. The average molecular weight is 1490 g/mol. The first-order chi connectivity index (χ1) is 49.6. The number of carbonyl (C=O) groups is 11. The smallest absolute Gasteiger partial charge is 0.410 e. The lowest BCUT2D eigenvalue weighted by molar-refractivity contribution is -0.308. The largest absolute Gasteiger partial charge is 0.445 e. The summed E-state index contributed by atoms with van der Waals surface area (Å²) in [6, 6.07) is -5.85. The highest BCUT2D eigenvalue weighted by molar-refractivity contribution is 6.12. The molecule has 0 aromatic rings. The van der Waals surface area contributed by atoms with Gasteiger partial charge in [0.1, 0.15) is 55.2 Å². The van der Waals surface area contributed by atoms with Gasteiger partial charge in [-0.2, -0.15) is 0 Å². The van der Waals surface area contributed by atoms with E-state index in [2.05, 4.69) is 57.0 Å². The fourth-order valence-corrected chi connectivity index (χ4v) is 11.4. The molecule has 0 aromatic heterocycles. The van der Waals surface area contributed by atoms with Gasteiger partial charge < -0.3 is 92.0 Å². The van der Waals surface area contributed by atoms with Crippen LogP contribution < -0.4 is 43.0 Å². The molecule has 596 valence electrons. The number of hydrogen-bond donors (Lipinski definition) is 12. The van der Waals surface area contributed by atoms with Gasteiger partial charge in [-0.1, -0.05) is 125 Å². The summed E-state index contributed by atoms with van der Waals surface area (Å²) in [6.07, 6.45) is 7.79. The molecule has 0 radical (unpaired) electrons. The van der Waals surface area contributed by atoms with Crippen molar-refractivity contribution in [1.82, 2.24) is 51.9 Å². The fourth-order valence-electron chi connectivity index (χ4n) is 11.4. The van der Waals surface area contributed by atoms with E-state index in [-0.39, 0.29) is 117 Å². The van der Waals surface area contributed by atoms with Gasteiger partial charge in [0.05, 0.1) is 37.3 Å². The first-order valence-electron chi connectivity index (χ1n) is 36.4. The number of likely N-dealkylation sites (N-methyl/N-ethyl adjacent to an activating group) is 2. The van der Waals surface area contributed by atoms with Crippen molar-refractivity contribution in [3.8, 4) is 0 Å². The van der Waals surface area contributed by atoms with E-state index in [1.54, 1.807) is 91.0 Å². The number of methoxy groups -OCH3 is 2. The number of aliphatic hydroxyl groups is 4. The molecule has 2 aliphatic rings. The number of ether oxygens (including phenoxy) is 5. The van der Waals surface area contributed by atoms with E-state index in [9.17, 15) is 73.2 Å². The van der Waals surface area contributed by atoms with Crippen molar-refractivity contribution in [2.45, 2.75) is 238 Å². The Balaban J connectivity index is 0.00000177. The van der Waals surface area contributed by atoms with Gasteiger partial charge in [0.15, 0.2) is 6.29 Å². The summed E-state index contributed by atoms with van der Waals surface area (Å²) in [5, 5.41) is 58.3. The maximum absolute atomic E-state index is 14.4. The number of aliphatic hydroxyl groups excluding tert-OH is 4. The Labute approximate surface area is 620 Å². The molecule has 0 bridgehead atoms. The number of nitrogens with zero attached hydrogens (tertiary/aromatic N) is 3.